The molecule has 0 bridgehead atoms. The van der Waals surface area contributed by atoms with Gasteiger partial charge < -0.3 is 9.47 Å². The van der Waals surface area contributed by atoms with Crippen LogP contribution in [0.2, 0.25) is 0 Å². The highest BCUT2D eigenvalue weighted by Crippen LogP contribution is 2.31. The van der Waals surface area contributed by atoms with Crippen molar-refractivity contribution in [3.05, 3.63) is 35.9 Å². The number of ether oxygens (including phenoxy) is 2. The molecular formula is C16H25NO2. The van der Waals surface area contributed by atoms with Gasteiger partial charge in [0, 0.05) is 12.1 Å². The standard InChI is InChI=1S/C16H25NO2/c1-14(2)9-11-18-16(13-17(3)10-12-19-16)15-7-5-4-6-8-15/h4-8,14H,9-13H2,1-3H3. The number of nitrogens with zero attached hydrogens (tertiary/aromatic N) is 1. The molecule has 2 rings (SSSR count). The van der Waals surface area contributed by atoms with E-state index in [2.05, 4.69) is 37.9 Å². The number of morpholine rings is 1. The summed E-state index contributed by atoms with van der Waals surface area (Å²) in [5.41, 5.74) is 1.12. The van der Waals surface area contributed by atoms with Gasteiger partial charge >= 0.3 is 0 Å². The third kappa shape index (κ3) is 3.78. The lowest BCUT2D eigenvalue weighted by molar-refractivity contribution is -0.275. The van der Waals surface area contributed by atoms with Gasteiger partial charge in [0.25, 0.3) is 0 Å². The Hall–Kier alpha value is -0.900. The summed E-state index contributed by atoms with van der Waals surface area (Å²) < 4.78 is 12.2. The second kappa shape index (κ2) is 6.51. The van der Waals surface area contributed by atoms with Gasteiger partial charge in [-0.2, -0.15) is 0 Å². The van der Waals surface area contributed by atoms with Crippen molar-refractivity contribution in [1.29, 1.82) is 0 Å². The highest BCUT2D eigenvalue weighted by Gasteiger charge is 2.38. The van der Waals surface area contributed by atoms with Gasteiger partial charge in [0.15, 0.2) is 0 Å². The van der Waals surface area contributed by atoms with Gasteiger partial charge in [-0.05, 0) is 19.4 Å². The van der Waals surface area contributed by atoms with Crippen LogP contribution in [0.5, 0.6) is 0 Å². The molecular weight excluding hydrogens is 238 g/mol. The average Bonchev–Trinajstić information content (AvgIpc) is 2.39. The van der Waals surface area contributed by atoms with E-state index in [9.17, 15) is 0 Å². The largest absolute Gasteiger partial charge is 0.345 e. The smallest absolute Gasteiger partial charge is 0.208 e. The van der Waals surface area contributed by atoms with E-state index in [0.29, 0.717) is 12.5 Å². The molecule has 1 aliphatic rings. The van der Waals surface area contributed by atoms with Crippen LogP contribution in [0.4, 0.5) is 0 Å². The maximum Gasteiger partial charge on any atom is 0.208 e. The maximum atomic E-state index is 6.17. The Kier molecular flexibility index (Phi) is 4.97. The highest BCUT2D eigenvalue weighted by atomic mass is 16.7. The van der Waals surface area contributed by atoms with Crippen molar-refractivity contribution >= 4 is 0 Å². The van der Waals surface area contributed by atoms with E-state index in [-0.39, 0.29) is 0 Å². The Labute approximate surface area is 116 Å². The van der Waals surface area contributed by atoms with Crippen LogP contribution in [-0.2, 0) is 15.3 Å². The third-order valence-corrected chi connectivity index (χ3v) is 3.53. The summed E-state index contributed by atoms with van der Waals surface area (Å²) in [6.07, 6.45) is 1.06. The molecule has 106 valence electrons. The van der Waals surface area contributed by atoms with Crippen LogP contribution < -0.4 is 0 Å². The molecule has 1 aromatic carbocycles. The van der Waals surface area contributed by atoms with E-state index in [1.54, 1.807) is 0 Å². The summed E-state index contributed by atoms with van der Waals surface area (Å²) in [6, 6.07) is 10.3. The normalized spacial score (nSPS) is 24.8. The Morgan fingerprint density at radius 2 is 2.05 bits per heavy atom. The molecule has 0 aromatic heterocycles. The van der Waals surface area contributed by atoms with E-state index < -0.39 is 5.79 Å². The predicted molar refractivity (Wildman–Crippen MR) is 77.0 cm³/mol. The van der Waals surface area contributed by atoms with E-state index in [0.717, 1.165) is 31.7 Å². The molecule has 0 radical (unpaired) electrons. The molecule has 1 aromatic rings. The monoisotopic (exact) mass is 263 g/mol. The lowest BCUT2D eigenvalue weighted by Crippen LogP contribution is -2.50. The molecule has 1 atom stereocenters. The molecule has 0 saturated carbocycles. The van der Waals surface area contributed by atoms with Crippen molar-refractivity contribution in [2.24, 2.45) is 5.92 Å². The molecule has 0 N–H and O–H groups in total. The van der Waals surface area contributed by atoms with Crippen LogP contribution in [0.3, 0.4) is 0 Å². The van der Waals surface area contributed by atoms with Gasteiger partial charge in [0.2, 0.25) is 5.79 Å². The van der Waals surface area contributed by atoms with Crippen molar-refractivity contribution in [2.75, 3.05) is 33.4 Å². The molecule has 0 aliphatic carbocycles. The Morgan fingerprint density at radius 3 is 2.68 bits per heavy atom. The van der Waals surface area contributed by atoms with Crippen molar-refractivity contribution in [3.63, 3.8) is 0 Å². The van der Waals surface area contributed by atoms with Gasteiger partial charge in [0.1, 0.15) is 0 Å². The molecule has 19 heavy (non-hydrogen) atoms. The summed E-state index contributed by atoms with van der Waals surface area (Å²) in [7, 11) is 2.12. The van der Waals surface area contributed by atoms with E-state index >= 15 is 0 Å². The molecule has 3 heteroatoms. The van der Waals surface area contributed by atoms with E-state index in [4.69, 9.17) is 9.47 Å². The maximum absolute atomic E-state index is 6.17. The molecule has 1 aliphatic heterocycles. The second-order valence-electron chi connectivity index (χ2n) is 5.74. The van der Waals surface area contributed by atoms with E-state index in [1.165, 1.54) is 0 Å². The number of rotatable bonds is 5. The number of benzene rings is 1. The zero-order valence-electron chi connectivity index (χ0n) is 12.3. The molecule has 1 heterocycles. The first-order valence-electron chi connectivity index (χ1n) is 7.14. The minimum Gasteiger partial charge on any atom is -0.345 e. The number of hydrogen-bond acceptors (Lipinski definition) is 3. The van der Waals surface area contributed by atoms with Gasteiger partial charge in [0.05, 0.1) is 19.8 Å². The summed E-state index contributed by atoms with van der Waals surface area (Å²) in [5, 5.41) is 0. The summed E-state index contributed by atoms with van der Waals surface area (Å²) in [4.78, 5) is 2.27. The van der Waals surface area contributed by atoms with Crippen LogP contribution >= 0.6 is 0 Å². The van der Waals surface area contributed by atoms with Crippen LogP contribution in [0.1, 0.15) is 25.8 Å². The second-order valence-corrected chi connectivity index (χ2v) is 5.74. The summed E-state index contributed by atoms with van der Waals surface area (Å²) in [5.74, 6) is 0.0533. The van der Waals surface area contributed by atoms with E-state index in [1.807, 2.05) is 18.2 Å². The lowest BCUT2D eigenvalue weighted by atomic mass is 10.0. The number of likely N-dealkylation sites (N-methyl/N-ethyl adjacent to an activating group) is 1. The van der Waals surface area contributed by atoms with Crippen LogP contribution in [0.25, 0.3) is 0 Å². The average molecular weight is 263 g/mol. The van der Waals surface area contributed by atoms with Gasteiger partial charge in [-0.25, -0.2) is 0 Å². The Balaban J connectivity index is 2.13. The Morgan fingerprint density at radius 1 is 1.32 bits per heavy atom. The number of hydrogen-bond donors (Lipinski definition) is 0. The predicted octanol–water partition coefficient (Wildman–Crippen LogP) is 2.86. The zero-order valence-corrected chi connectivity index (χ0v) is 12.3. The minimum absolute atomic E-state index is 0.594. The highest BCUT2D eigenvalue weighted by molar-refractivity contribution is 5.21. The molecule has 1 fully saturated rings. The SMILES string of the molecule is CC(C)CCOC1(c2ccccc2)CN(C)CCO1. The zero-order chi connectivity index (χ0) is 13.7. The molecule has 3 nitrogen and oxygen atoms in total. The molecule has 1 saturated heterocycles. The van der Waals surface area contributed by atoms with Crippen LogP contribution in [0.15, 0.2) is 30.3 Å². The van der Waals surface area contributed by atoms with Gasteiger partial charge in [-0.3, -0.25) is 4.90 Å². The Bertz CT molecular complexity index is 380. The first kappa shape index (κ1) is 14.5. The van der Waals surface area contributed by atoms with Crippen molar-refractivity contribution in [2.45, 2.75) is 26.1 Å². The third-order valence-electron chi connectivity index (χ3n) is 3.53. The van der Waals surface area contributed by atoms with Crippen LogP contribution in [-0.4, -0.2) is 38.3 Å². The van der Waals surface area contributed by atoms with Gasteiger partial charge in [-0.15, -0.1) is 0 Å². The first-order chi connectivity index (χ1) is 9.12. The fourth-order valence-electron chi connectivity index (χ4n) is 2.34. The minimum atomic E-state index is -0.594. The molecule has 0 amide bonds. The fourth-order valence-corrected chi connectivity index (χ4v) is 2.34. The van der Waals surface area contributed by atoms with Gasteiger partial charge in [-0.1, -0.05) is 44.2 Å². The quantitative estimate of drug-likeness (QED) is 0.815. The van der Waals surface area contributed by atoms with Crippen LogP contribution in [0, 0.1) is 5.92 Å². The molecule has 1 unspecified atom stereocenters. The van der Waals surface area contributed by atoms with Crippen molar-refractivity contribution in [3.8, 4) is 0 Å². The summed E-state index contributed by atoms with van der Waals surface area (Å²) >= 11 is 0. The molecule has 0 spiro atoms. The van der Waals surface area contributed by atoms with Crippen molar-refractivity contribution in [1.82, 2.24) is 4.90 Å². The lowest BCUT2D eigenvalue weighted by Gasteiger charge is -2.41. The first-order valence-corrected chi connectivity index (χ1v) is 7.14. The summed E-state index contributed by atoms with van der Waals surface area (Å²) in [6.45, 7) is 7.63. The fraction of sp³-hybridized carbons (Fsp3) is 0.625. The van der Waals surface area contributed by atoms with Crippen molar-refractivity contribution < 1.29 is 9.47 Å². The topological polar surface area (TPSA) is 21.7 Å².